The maximum atomic E-state index is 12.1. The highest BCUT2D eigenvalue weighted by Gasteiger charge is 2.26. The number of thioether (sulfide) groups is 1. The highest BCUT2D eigenvalue weighted by molar-refractivity contribution is 7.99. The van der Waals surface area contributed by atoms with Crippen molar-refractivity contribution in [3.8, 4) is 0 Å². The van der Waals surface area contributed by atoms with E-state index in [0.29, 0.717) is 11.8 Å². The largest absolute Gasteiger partial charge is 0.347 e. The number of aromatic amines is 1. The zero-order chi connectivity index (χ0) is 14.7. The minimum absolute atomic E-state index is 0.0198. The van der Waals surface area contributed by atoms with E-state index in [-0.39, 0.29) is 11.9 Å². The second-order valence-corrected chi connectivity index (χ2v) is 5.99. The van der Waals surface area contributed by atoms with Crippen LogP contribution in [0.15, 0.2) is 23.9 Å². The van der Waals surface area contributed by atoms with E-state index < -0.39 is 0 Å². The van der Waals surface area contributed by atoms with Crippen molar-refractivity contribution in [3.63, 3.8) is 0 Å². The first kappa shape index (κ1) is 14.1. The molecule has 3 rings (SSSR count). The predicted molar refractivity (Wildman–Crippen MR) is 78.8 cm³/mol. The number of nitrogens with zero attached hydrogens (tertiary/aromatic N) is 4. The molecule has 1 fully saturated rings. The van der Waals surface area contributed by atoms with E-state index in [1.54, 1.807) is 18.7 Å². The van der Waals surface area contributed by atoms with E-state index >= 15 is 0 Å². The molecule has 2 N–H and O–H groups in total. The van der Waals surface area contributed by atoms with E-state index in [1.807, 2.05) is 6.92 Å². The lowest BCUT2D eigenvalue weighted by Gasteiger charge is -2.14. The standard InChI is InChI=1S/C13H18N6OS/c1-2-10(12-14-5-6-15-12)17-11(20)7-21-13-18-16-8-19(13)9-3-4-9/h5-6,8-10H,2-4,7H2,1H3,(H,14,15)(H,17,20). The van der Waals surface area contributed by atoms with Crippen LogP contribution in [0.25, 0.3) is 0 Å². The molecule has 8 heteroatoms. The Morgan fingerprint density at radius 3 is 3.14 bits per heavy atom. The molecule has 1 unspecified atom stereocenters. The Morgan fingerprint density at radius 1 is 1.62 bits per heavy atom. The molecule has 0 aromatic carbocycles. The van der Waals surface area contributed by atoms with Gasteiger partial charge in [0.1, 0.15) is 12.2 Å². The monoisotopic (exact) mass is 306 g/mol. The van der Waals surface area contributed by atoms with Crippen LogP contribution in [0.2, 0.25) is 0 Å². The van der Waals surface area contributed by atoms with Gasteiger partial charge >= 0.3 is 0 Å². The molecule has 2 aromatic heterocycles. The molecule has 1 aliphatic carbocycles. The number of carbonyl (C=O) groups is 1. The molecule has 0 aliphatic heterocycles. The maximum Gasteiger partial charge on any atom is 0.231 e. The smallest absolute Gasteiger partial charge is 0.231 e. The fourth-order valence-corrected chi connectivity index (χ4v) is 2.93. The van der Waals surface area contributed by atoms with Crippen molar-refractivity contribution in [1.29, 1.82) is 0 Å². The lowest BCUT2D eigenvalue weighted by molar-refractivity contribution is -0.119. The predicted octanol–water partition coefficient (Wildman–Crippen LogP) is 1.70. The molecule has 2 aromatic rings. The Hall–Kier alpha value is -1.83. The third-order valence-electron chi connectivity index (χ3n) is 3.41. The van der Waals surface area contributed by atoms with Gasteiger partial charge in [0.2, 0.25) is 5.91 Å². The Bertz CT molecular complexity index is 592. The van der Waals surface area contributed by atoms with Gasteiger partial charge in [-0.15, -0.1) is 10.2 Å². The average molecular weight is 306 g/mol. The first-order valence-electron chi connectivity index (χ1n) is 7.09. The Morgan fingerprint density at radius 2 is 2.48 bits per heavy atom. The third-order valence-corrected chi connectivity index (χ3v) is 4.36. The molecule has 21 heavy (non-hydrogen) atoms. The van der Waals surface area contributed by atoms with Crippen molar-refractivity contribution in [2.45, 2.75) is 43.4 Å². The Labute approximate surface area is 126 Å². The van der Waals surface area contributed by atoms with E-state index in [1.165, 1.54) is 24.6 Å². The van der Waals surface area contributed by atoms with Crippen LogP contribution in [0, 0.1) is 0 Å². The van der Waals surface area contributed by atoms with Crippen LogP contribution in [0.1, 0.15) is 44.1 Å². The van der Waals surface area contributed by atoms with Gasteiger partial charge in [-0.2, -0.15) is 0 Å². The van der Waals surface area contributed by atoms with Gasteiger partial charge in [-0.25, -0.2) is 4.98 Å². The summed E-state index contributed by atoms with van der Waals surface area (Å²) in [6.07, 6.45) is 8.34. The van der Waals surface area contributed by atoms with Gasteiger partial charge in [0.05, 0.1) is 11.8 Å². The zero-order valence-corrected chi connectivity index (χ0v) is 12.6. The highest BCUT2D eigenvalue weighted by atomic mass is 32.2. The summed E-state index contributed by atoms with van der Waals surface area (Å²) in [5, 5.41) is 11.8. The lowest BCUT2D eigenvalue weighted by Crippen LogP contribution is -2.30. The maximum absolute atomic E-state index is 12.1. The molecular weight excluding hydrogens is 288 g/mol. The minimum Gasteiger partial charge on any atom is -0.347 e. The van der Waals surface area contributed by atoms with Gasteiger partial charge in [0.25, 0.3) is 0 Å². The van der Waals surface area contributed by atoms with E-state index in [2.05, 4.69) is 30.0 Å². The van der Waals surface area contributed by atoms with Crippen LogP contribution in [0.5, 0.6) is 0 Å². The summed E-state index contributed by atoms with van der Waals surface area (Å²) in [5.74, 6) is 1.11. The SMILES string of the molecule is CCC(NC(=O)CSc1nncn1C1CC1)c1ncc[nH]1. The Kier molecular flexibility index (Phi) is 4.23. The number of carbonyl (C=O) groups excluding carboxylic acids is 1. The van der Waals surface area contributed by atoms with E-state index in [9.17, 15) is 4.79 Å². The summed E-state index contributed by atoms with van der Waals surface area (Å²) in [5.41, 5.74) is 0. The molecule has 1 saturated carbocycles. The van der Waals surface area contributed by atoms with Gasteiger partial charge in [0.15, 0.2) is 5.16 Å². The van der Waals surface area contributed by atoms with Gasteiger partial charge < -0.3 is 14.9 Å². The van der Waals surface area contributed by atoms with Crippen LogP contribution in [-0.4, -0.2) is 36.4 Å². The highest BCUT2D eigenvalue weighted by Crippen LogP contribution is 2.37. The number of aromatic nitrogens is 5. The average Bonchev–Trinajstić information content (AvgIpc) is 3.02. The van der Waals surface area contributed by atoms with Crippen LogP contribution >= 0.6 is 11.8 Å². The summed E-state index contributed by atoms with van der Waals surface area (Å²) in [6, 6.07) is 0.450. The normalized spacial score (nSPS) is 15.9. The van der Waals surface area contributed by atoms with Gasteiger partial charge in [0, 0.05) is 18.4 Å². The molecular formula is C13H18N6OS. The molecule has 112 valence electrons. The molecule has 0 saturated heterocycles. The number of imidazole rings is 1. The number of hydrogen-bond donors (Lipinski definition) is 2. The second-order valence-electron chi connectivity index (χ2n) is 5.04. The van der Waals surface area contributed by atoms with Crippen molar-refractivity contribution in [3.05, 3.63) is 24.5 Å². The van der Waals surface area contributed by atoms with Crippen LogP contribution in [0.3, 0.4) is 0 Å². The van der Waals surface area contributed by atoms with Gasteiger partial charge in [-0.05, 0) is 19.3 Å². The first-order chi connectivity index (χ1) is 10.3. The summed E-state index contributed by atoms with van der Waals surface area (Å²) < 4.78 is 2.06. The fourth-order valence-electron chi connectivity index (χ4n) is 2.14. The van der Waals surface area contributed by atoms with Crippen molar-refractivity contribution >= 4 is 17.7 Å². The third kappa shape index (κ3) is 3.44. The topological polar surface area (TPSA) is 88.5 Å². The fraction of sp³-hybridized carbons (Fsp3) is 0.538. The van der Waals surface area contributed by atoms with E-state index in [4.69, 9.17) is 0 Å². The second kappa shape index (κ2) is 6.30. The number of H-pyrrole nitrogens is 1. The molecule has 0 radical (unpaired) electrons. The van der Waals surface area contributed by atoms with Crippen molar-refractivity contribution < 1.29 is 4.79 Å². The summed E-state index contributed by atoms with van der Waals surface area (Å²) >= 11 is 1.43. The summed E-state index contributed by atoms with van der Waals surface area (Å²) in [6.45, 7) is 2.02. The van der Waals surface area contributed by atoms with Gasteiger partial charge in [-0.3, -0.25) is 4.79 Å². The minimum atomic E-state index is -0.0746. The molecule has 0 bridgehead atoms. The summed E-state index contributed by atoms with van der Waals surface area (Å²) in [7, 11) is 0. The molecule has 1 amide bonds. The molecule has 1 aliphatic rings. The molecule has 0 spiro atoms. The number of rotatable bonds is 7. The van der Waals surface area contributed by atoms with Crippen molar-refractivity contribution in [1.82, 2.24) is 30.0 Å². The Balaban J connectivity index is 1.53. The van der Waals surface area contributed by atoms with E-state index in [0.717, 1.165) is 17.4 Å². The quantitative estimate of drug-likeness (QED) is 0.760. The first-order valence-corrected chi connectivity index (χ1v) is 8.07. The zero-order valence-electron chi connectivity index (χ0n) is 11.8. The molecule has 2 heterocycles. The molecule has 1 atom stereocenters. The number of amides is 1. The summed E-state index contributed by atoms with van der Waals surface area (Å²) in [4.78, 5) is 19.3. The van der Waals surface area contributed by atoms with Gasteiger partial charge in [-0.1, -0.05) is 18.7 Å². The van der Waals surface area contributed by atoms with Crippen LogP contribution in [-0.2, 0) is 4.79 Å². The van der Waals surface area contributed by atoms with Crippen LogP contribution < -0.4 is 5.32 Å². The van der Waals surface area contributed by atoms with Crippen LogP contribution in [0.4, 0.5) is 0 Å². The van der Waals surface area contributed by atoms with Crippen molar-refractivity contribution in [2.24, 2.45) is 0 Å². The molecule has 7 nitrogen and oxygen atoms in total. The number of hydrogen-bond acceptors (Lipinski definition) is 5. The number of nitrogens with one attached hydrogen (secondary N) is 2. The van der Waals surface area contributed by atoms with Crippen molar-refractivity contribution in [2.75, 3.05) is 5.75 Å². The lowest BCUT2D eigenvalue weighted by atomic mass is 10.2.